The van der Waals surface area contributed by atoms with E-state index in [4.69, 9.17) is 0 Å². The van der Waals surface area contributed by atoms with Gasteiger partial charge in [-0.3, -0.25) is 0 Å². The van der Waals surface area contributed by atoms with E-state index in [-0.39, 0.29) is 5.54 Å². The molecule has 0 radical (unpaired) electrons. The highest BCUT2D eigenvalue weighted by molar-refractivity contribution is 4.92. The third kappa shape index (κ3) is 5.90. The fraction of sp³-hybridized carbons (Fsp3) is 1.00. The Labute approximate surface area is 133 Å². The van der Waals surface area contributed by atoms with Crippen LogP contribution in [0.3, 0.4) is 0 Å². The van der Waals surface area contributed by atoms with Crippen LogP contribution in [0.25, 0.3) is 0 Å². The van der Waals surface area contributed by atoms with Gasteiger partial charge in [0.1, 0.15) is 0 Å². The molecule has 0 bridgehead atoms. The zero-order valence-corrected chi connectivity index (χ0v) is 15.2. The van der Waals surface area contributed by atoms with Crippen molar-refractivity contribution in [2.75, 3.05) is 26.2 Å². The first-order valence-corrected chi connectivity index (χ1v) is 9.29. The van der Waals surface area contributed by atoms with Crippen LogP contribution in [0.1, 0.15) is 73.1 Å². The molecule has 0 aliphatic heterocycles. The summed E-state index contributed by atoms with van der Waals surface area (Å²) in [5.41, 5.74) is 0.747. The summed E-state index contributed by atoms with van der Waals surface area (Å²) in [7, 11) is 0. The zero-order chi connectivity index (χ0) is 15.5. The lowest BCUT2D eigenvalue weighted by Crippen LogP contribution is -2.50. The molecule has 0 heterocycles. The molecule has 2 heteroatoms. The van der Waals surface area contributed by atoms with E-state index >= 15 is 0 Å². The van der Waals surface area contributed by atoms with Crippen LogP contribution in [-0.2, 0) is 0 Å². The van der Waals surface area contributed by atoms with Crippen molar-refractivity contribution in [3.63, 3.8) is 0 Å². The van der Waals surface area contributed by atoms with Gasteiger partial charge in [0.25, 0.3) is 0 Å². The van der Waals surface area contributed by atoms with Crippen LogP contribution >= 0.6 is 0 Å². The van der Waals surface area contributed by atoms with Crippen molar-refractivity contribution in [1.29, 1.82) is 0 Å². The molecule has 124 valence electrons. The minimum atomic E-state index is 0.237. The number of nitrogens with one attached hydrogen (secondary N) is 1. The van der Waals surface area contributed by atoms with E-state index < -0.39 is 0 Å². The fourth-order valence-corrected chi connectivity index (χ4v) is 4.03. The Morgan fingerprint density at radius 3 is 2.43 bits per heavy atom. The summed E-state index contributed by atoms with van der Waals surface area (Å²) in [4.78, 5) is 2.75. The maximum absolute atomic E-state index is 3.82. The van der Waals surface area contributed by atoms with E-state index in [1.54, 1.807) is 0 Å². The molecule has 0 spiro atoms. The van der Waals surface area contributed by atoms with E-state index in [0.717, 1.165) is 11.8 Å². The highest BCUT2D eigenvalue weighted by atomic mass is 15.1. The molecule has 0 aromatic carbocycles. The van der Waals surface area contributed by atoms with Gasteiger partial charge < -0.3 is 10.2 Å². The number of hydrogen-bond donors (Lipinski definition) is 1. The lowest BCUT2D eigenvalue weighted by molar-refractivity contribution is 0.0737. The minimum absolute atomic E-state index is 0.237. The van der Waals surface area contributed by atoms with Crippen molar-refractivity contribution in [1.82, 2.24) is 10.2 Å². The average molecular weight is 295 g/mol. The topological polar surface area (TPSA) is 15.3 Å². The standard InChI is InChI=1S/C19H38N2/c1-6-21(13-17-9-10-17)15-19(14-20-18(3,4)5)11-7-8-16(2)12-19/h16-17,20H,6-15H2,1-5H3. The molecule has 2 atom stereocenters. The molecule has 0 amide bonds. The van der Waals surface area contributed by atoms with Gasteiger partial charge in [0.15, 0.2) is 0 Å². The molecule has 2 fully saturated rings. The van der Waals surface area contributed by atoms with Gasteiger partial charge in [0, 0.05) is 25.2 Å². The van der Waals surface area contributed by atoms with E-state index in [9.17, 15) is 0 Å². The first-order chi connectivity index (χ1) is 9.82. The zero-order valence-electron chi connectivity index (χ0n) is 15.2. The maximum Gasteiger partial charge on any atom is 0.00967 e. The predicted octanol–water partition coefficient (Wildman–Crippen LogP) is 4.30. The Morgan fingerprint density at radius 1 is 1.19 bits per heavy atom. The largest absolute Gasteiger partial charge is 0.311 e. The molecule has 21 heavy (non-hydrogen) atoms. The summed E-state index contributed by atoms with van der Waals surface area (Å²) in [5, 5.41) is 3.82. The molecule has 0 saturated heterocycles. The van der Waals surface area contributed by atoms with E-state index in [0.29, 0.717) is 5.41 Å². The summed E-state index contributed by atoms with van der Waals surface area (Å²) in [6.45, 7) is 16.8. The minimum Gasteiger partial charge on any atom is -0.311 e. The Morgan fingerprint density at radius 2 is 1.90 bits per heavy atom. The van der Waals surface area contributed by atoms with Crippen molar-refractivity contribution in [3.8, 4) is 0 Å². The molecule has 2 aliphatic rings. The third-order valence-corrected chi connectivity index (χ3v) is 5.40. The number of rotatable bonds is 7. The smallest absolute Gasteiger partial charge is 0.00967 e. The van der Waals surface area contributed by atoms with Crippen LogP contribution in [0.5, 0.6) is 0 Å². The van der Waals surface area contributed by atoms with Gasteiger partial charge in [-0.2, -0.15) is 0 Å². The van der Waals surface area contributed by atoms with Crippen LogP contribution in [0.15, 0.2) is 0 Å². The average Bonchev–Trinajstić information content (AvgIpc) is 3.19. The van der Waals surface area contributed by atoms with Crippen LogP contribution in [0, 0.1) is 17.3 Å². The molecule has 2 saturated carbocycles. The molecule has 2 aliphatic carbocycles. The predicted molar refractivity (Wildman–Crippen MR) is 92.7 cm³/mol. The lowest BCUT2D eigenvalue weighted by atomic mass is 9.69. The Bertz CT molecular complexity index is 316. The molecule has 1 N–H and O–H groups in total. The molecular weight excluding hydrogens is 256 g/mol. The third-order valence-electron chi connectivity index (χ3n) is 5.40. The van der Waals surface area contributed by atoms with Gasteiger partial charge in [-0.15, -0.1) is 0 Å². The first kappa shape index (κ1) is 17.3. The molecule has 2 unspecified atom stereocenters. The second-order valence-corrected chi connectivity index (χ2v) is 9.08. The Kier molecular flexibility index (Phi) is 5.76. The van der Waals surface area contributed by atoms with Gasteiger partial charge in [0.2, 0.25) is 0 Å². The highest BCUT2D eigenvalue weighted by Gasteiger charge is 2.37. The summed E-state index contributed by atoms with van der Waals surface area (Å²) < 4.78 is 0. The summed E-state index contributed by atoms with van der Waals surface area (Å²) in [6.07, 6.45) is 8.64. The van der Waals surface area contributed by atoms with Crippen molar-refractivity contribution >= 4 is 0 Å². The second kappa shape index (κ2) is 7.00. The summed E-state index contributed by atoms with van der Waals surface area (Å²) >= 11 is 0. The van der Waals surface area contributed by atoms with Gasteiger partial charge in [-0.25, -0.2) is 0 Å². The van der Waals surface area contributed by atoms with Crippen molar-refractivity contribution < 1.29 is 0 Å². The fourth-order valence-electron chi connectivity index (χ4n) is 4.03. The monoisotopic (exact) mass is 294 g/mol. The maximum atomic E-state index is 3.82. The first-order valence-electron chi connectivity index (χ1n) is 9.29. The van der Waals surface area contributed by atoms with E-state index in [2.05, 4.69) is 44.8 Å². The van der Waals surface area contributed by atoms with Crippen LogP contribution < -0.4 is 5.32 Å². The quantitative estimate of drug-likeness (QED) is 0.753. The normalized spacial score (nSPS) is 30.9. The van der Waals surface area contributed by atoms with Gasteiger partial charge in [-0.1, -0.05) is 26.7 Å². The summed E-state index contributed by atoms with van der Waals surface area (Å²) in [5.74, 6) is 1.92. The summed E-state index contributed by atoms with van der Waals surface area (Å²) in [6, 6.07) is 0. The van der Waals surface area contributed by atoms with Crippen molar-refractivity contribution in [2.24, 2.45) is 17.3 Å². The Balaban J connectivity index is 1.98. The van der Waals surface area contributed by atoms with Crippen LogP contribution in [0.2, 0.25) is 0 Å². The number of nitrogens with zero attached hydrogens (tertiary/aromatic N) is 1. The van der Waals surface area contributed by atoms with Crippen molar-refractivity contribution in [3.05, 3.63) is 0 Å². The van der Waals surface area contributed by atoms with Gasteiger partial charge >= 0.3 is 0 Å². The second-order valence-electron chi connectivity index (χ2n) is 9.08. The van der Waals surface area contributed by atoms with Gasteiger partial charge in [0.05, 0.1) is 0 Å². The molecule has 2 rings (SSSR count). The molecular formula is C19H38N2. The lowest BCUT2D eigenvalue weighted by Gasteiger charge is -2.45. The SMILES string of the molecule is CCN(CC1CC1)CC1(CNC(C)(C)C)CCCC(C)C1. The van der Waals surface area contributed by atoms with E-state index in [1.165, 1.54) is 64.7 Å². The van der Waals surface area contributed by atoms with Crippen LogP contribution in [0.4, 0.5) is 0 Å². The highest BCUT2D eigenvalue weighted by Crippen LogP contribution is 2.41. The molecule has 0 aromatic heterocycles. The number of hydrogen-bond acceptors (Lipinski definition) is 2. The molecule has 0 aromatic rings. The van der Waals surface area contributed by atoms with Gasteiger partial charge in [-0.05, 0) is 70.3 Å². The van der Waals surface area contributed by atoms with Crippen molar-refractivity contribution in [2.45, 2.75) is 78.7 Å². The molecule has 2 nitrogen and oxygen atoms in total. The van der Waals surface area contributed by atoms with Crippen LogP contribution in [-0.4, -0.2) is 36.6 Å². The Hall–Kier alpha value is -0.0800. The van der Waals surface area contributed by atoms with E-state index in [1.807, 2.05) is 0 Å².